The molecule has 0 aliphatic carbocycles. The van der Waals surface area contributed by atoms with Gasteiger partial charge >= 0.3 is 0 Å². The molecule has 0 aromatic heterocycles. The number of non-ortho nitro benzene ring substituents is 1. The van der Waals surface area contributed by atoms with Gasteiger partial charge in [-0.05, 0) is 30.7 Å². The lowest BCUT2D eigenvalue weighted by Crippen LogP contribution is -2.40. The van der Waals surface area contributed by atoms with Crippen molar-refractivity contribution in [1.29, 1.82) is 0 Å². The van der Waals surface area contributed by atoms with E-state index in [1.807, 2.05) is 0 Å². The molecule has 1 aliphatic rings. The Bertz CT molecular complexity index is 1040. The zero-order valence-electron chi connectivity index (χ0n) is 16.2. The number of halogens is 2. The second-order valence-corrected chi connectivity index (χ2v) is 8.63. The fraction of sp³-hybridized carbons (Fsp3) is 0.368. The Morgan fingerprint density at radius 3 is 2.53 bits per heavy atom. The first-order valence-corrected chi connectivity index (χ1v) is 10.8. The number of sulfonamides is 1. The highest BCUT2D eigenvalue weighted by Crippen LogP contribution is 2.33. The van der Waals surface area contributed by atoms with E-state index in [1.54, 1.807) is 6.92 Å². The molecule has 0 bridgehead atoms. The topological polar surface area (TPSA) is 102 Å². The summed E-state index contributed by atoms with van der Waals surface area (Å²) < 4.78 is 60.7. The van der Waals surface area contributed by atoms with E-state index in [0.29, 0.717) is 6.42 Å². The Balaban J connectivity index is 2.05. The molecule has 2 aromatic rings. The van der Waals surface area contributed by atoms with Gasteiger partial charge in [-0.15, -0.1) is 0 Å². The summed E-state index contributed by atoms with van der Waals surface area (Å²) in [5.41, 5.74) is -0.287. The normalized spacial score (nSPS) is 16.2. The van der Waals surface area contributed by atoms with Crippen molar-refractivity contribution in [2.45, 2.75) is 24.3 Å². The molecule has 30 heavy (non-hydrogen) atoms. The minimum atomic E-state index is -4.08. The summed E-state index contributed by atoms with van der Waals surface area (Å²) in [6.45, 7) is 2.37. The SMILES string of the molecule is CCC(Nc1ccc([N+](=O)[O-])cc1S(=O)(=O)N1CCOCC1)c1cc(F)ccc1F. The highest BCUT2D eigenvalue weighted by atomic mass is 32.2. The molecular weight excluding hydrogens is 420 g/mol. The third-order valence-corrected chi connectivity index (χ3v) is 6.77. The first-order chi connectivity index (χ1) is 14.2. The number of hydrogen-bond donors (Lipinski definition) is 1. The molecule has 1 fully saturated rings. The maximum atomic E-state index is 14.3. The van der Waals surface area contributed by atoms with E-state index < -0.39 is 38.3 Å². The maximum Gasteiger partial charge on any atom is 0.270 e. The van der Waals surface area contributed by atoms with Crippen LogP contribution >= 0.6 is 0 Å². The second kappa shape index (κ2) is 9.02. The predicted octanol–water partition coefficient (Wildman–Crippen LogP) is 3.46. The van der Waals surface area contributed by atoms with E-state index in [4.69, 9.17) is 4.74 Å². The monoisotopic (exact) mass is 441 g/mol. The summed E-state index contributed by atoms with van der Waals surface area (Å²) in [6, 6.07) is 5.68. The van der Waals surface area contributed by atoms with Crippen LogP contribution in [0.15, 0.2) is 41.3 Å². The molecule has 0 saturated carbocycles. The molecule has 0 amide bonds. The Labute approximate surface area is 172 Å². The summed E-state index contributed by atoms with van der Waals surface area (Å²) in [7, 11) is -4.08. The van der Waals surface area contributed by atoms with Crippen LogP contribution in [-0.2, 0) is 14.8 Å². The number of hydrogen-bond acceptors (Lipinski definition) is 6. The van der Waals surface area contributed by atoms with Gasteiger partial charge < -0.3 is 10.1 Å². The fourth-order valence-electron chi connectivity index (χ4n) is 3.25. The second-order valence-electron chi connectivity index (χ2n) is 6.73. The number of nitrogens with one attached hydrogen (secondary N) is 1. The summed E-state index contributed by atoms with van der Waals surface area (Å²) in [5, 5.41) is 14.1. The first-order valence-electron chi connectivity index (χ1n) is 9.32. The van der Waals surface area contributed by atoms with Gasteiger partial charge in [-0.25, -0.2) is 17.2 Å². The Kier molecular flexibility index (Phi) is 6.64. The van der Waals surface area contributed by atoms with Crippen molar-refractivity contribution in [1.82, 2.24) is 4.31 Å². The molecule has 1 atom stereocenters. The molecule has 1 unspecified atom stereocenters. The molecule has 8 nitrogen and oxygen atoms in total. The predicted molar refractivity (Wildman–Crippen MR) is 106 cm³/mol. The van der Waals surface area contributed by atoms with Crippen LogP contribution in [0, 0.1) is 21.7 Å². The molecule has 0 radical (unpaired) electrons. The number of ether oxygens (including phenoxy) is 1. The summed E-state index contributed by atoms with van der Waals surface area (Å²) >= 11 is 0. The van der Waals surface area contributed by atoms with Crippen molar-refractivity contribution in [2.75, 3.05) is 31.6 Å². The van der Waals surface area contributed by atoms with E-state index in [2.05, 4.69) is 5.32 Å². The van der Waals surface area contributed by atoms with Crippen molar-refractivity contribution in [3.8, 4) is 0 Å². The van der Waals surface area contributed by atoms with Gasteiger partial charge in [0.2, 0.25) is 10.0 Å². The third-order valence-electron chi connectivity index (χ3n) is 4.84. The van der Waals surface area contributed by atoms with Crippen molar-refractivity contribution < 1.29 is 26.9 Å². The molecule has 1 aliphatic heterocycles. The first kappa shape index (κ1) is 22.1. The van der Waals surface area contributed by atoms with Gasteiger partial charge in [-0.3, -0.25) is 10.1 Å². The summed E-state index contributed by atoms with van der Waals surface area (Å²) in [6.07, 6.45) is 0.314. The average Bonchev–Trinajstić information content (AvgIpc) is 2.74. The van der Waals surface area contributed by atoms with Crippen molar-refractivity contribution >= 4 is 21.4 Å². The van der Waals surface area contributed by atoms with Crippen LogP contribution in [-0.4, -0.2) is 43.9 Å². The zero-order chi connectivity index (χ0) is 21.9. The van der Waals surface area contributed by atoms with E-state index in [0.717, 1.165) is 30.3 Å². The van der Waals surface area contributed by atoms with E-state index >= 15 is 0 Å². The number of morpholine rings is 1. The molecule has 162 valence electrons. The van der Waals surface area contributed by atoms with Crippen LogP contribution in [0.5, 0.6) is 0 Å². The molecule has 2 aromatic carbocycles. The fourth-order valence-corrected chi connectivity index (χ4v) is 4.83. The van der Waals surface area contributed by atoms with Crippen molar-refractivity contribution in [3.05, 3.63) is 63.7 Å². The van der Waals surface area contributed by atoms with Crippen LogP contribution in [0.25, 0.3) is 0 Å². The molecule has 1 N–H and O–H groups in total. The number of nitrogens with zero attached hydrogens (tertiary/aromatic N) is 2. The summed E-state index contributed by atoms with van der Waals surface area (Å²) in [4.78, 5) is 10.2. The quantitative estimate of drug-likeness (QED) is 0.522. The number of rotatable bonds is 7. The lowest BCUT2D eigenvalue weighted by molar-refractivity contribution is -0.385. The van der Waals surface area contributed by atoms with Crippen LogP contribution in [0.2, 0.25) is 0 Å². The highest BCUT2D eigenvalue weighted by Gasteiger charge is 2.31. The van der Waals surface area contributed by atoms with Crippen LogP contribution in [0.1, 0.15) is 24.9 Å². The minimum absolute atomic E-state index is 0.0329. The van der Waals surface area contributed by atoms with Gasteiger partial charge in [0, 0.05) is 30.8 Å². The van der Waals surface area contributed by atoms with Gasteiger partial charge in [-0.1, -0.05) is 6.92 Å². The van der Waals surface area contributed by atoms with Gasteiger partial charge in [0.05, 0.1) is 29.9 Å². The average molecular weight is 441 g/mol. The number of nitro benzene ring substituents is 1. The molecule has 0 spiro atoms. The lowest BCUT2D eigenvalue weighted by Gasteiger charge is -2.28. The number of nitro groups is 1. The van der Waals surface area contributed by atoms with Crippen molar-refractivity contribution in [2.24, 2.45) is 0 Å². The molecule has 3 rings (SSSR count). The molecule has 1 heterocycles. The smallest absolute Gasteiger partial charge is 0.270 e. The largest absolute Gasteiger partial charge is 0.379 e. The summed E-state index contributed by atoms with van der Waals surface area (Å²) in [5.74, 6) is -1.27. The Morgan fingerprint density at radius 2 is 1.90 bits per heavy atom. The lowest BCUT2D eigenvalue weighted by atomic mass is 10.0. The van der Waals surface area contributed by atoms with Gasteiger partial charge in [0.25, 0.3) is 5.69 Å². The van der Waals surface area contributed by atoms with Gasteiger partial charge in [0.15, 0.2) is 0 Å². The van der Waals surface area contributed by atoms with Crippen LogP contribution in [0.4, 0.5) is 20.2 Å². The van der Waals surface area contributed by atoms with E-state index in [1.165, 1.54) is 10.4 Å². The van der Waals surface area contributed by atoms with Crippen LogP contribution in [0.3, 0.4) is 0 Å². The molecule has 1 saturated heterocycles. The minimum Gasteiger partial charge on any atom is -0.379 e. The highest BCUT2D eigenvalue weighted by molar-refractivity contribution is 7.89. The third kappa shape index (κ3) is 4.58. The molecular formula is C19H21F2N3O5S. The Hall–Kier alpha value is -2.63. The zero-order valence-corrected chi connectivity index (χ0v) is 17.0. The maximum absolute atomic E-state index is 14.3. The van der Waals surface area contributed by atoms with Gasteiger partial charge in [0.1, 0.15) is 16.5 Å². The van der Waals surface area contributed by atoms with Crippen molar-refractivity contribution in [3.63, 3.8) is 0 Å². The van der Waals surface area contributed by atoms with Gasteiger partial charge in [-0.2, -0.15) is 4.31 Å². The number of benzene rings is 2. The van der Waals surface area contributed by atoms with E-state index in [9.17, 15) is 27.3 Å². The number of anilines is 1. The Morgan fingerprint density at radius 1 is 1.20 bits per heavy atom. The standard InChI is InChI=1S/C19H21F2N3O5S/c1-2-17(15-11-13(20)3-5-16(15)21)22-18-6-4-14(24(25)26)12-19(18)30(27,28)23-7-9-29-10-8-23/h3-6,11-12,17,22H,2,7-10H2,1H3. The van der Waals surface area contributed by atoms with E-state index in [-0.39, 0.29) is 42.4 Å². The van der Waals surface area contributed by atoms with Crippen LogP contribution < -0.4 is 5.32 Å². The molecule has 11 heteroatoms.